The van der Waals surface area contributed by atoms with Gasteiger partial charge in [0.1, 0.15) is 0 Å². The summed E-state index contributed by atoms with van der Waals surface area (Å²) in [5, 5.41) is 3.96. The first-order chi connectivity index (χ1) is 19.6. The first-order valence-electron chi connectivity index (χ1n) is 13.4. The molecule has 2 amide bonds. The van der Waals surface area contributed by atoms with E-state index >= 15 is 0 Å². The smallest absolute Gasteiger partial charge is 0.286 e. The second kappa shape index (κ2) is 9.85. The largest absolute Gasteiger partial charge is 0.355 e. The Hall–Kier alpha value is -4.61. The number of H-pyrrole nitrogens is 1. The summed E-state index contributed by atoms with van der Waals surface area (Å²) in [5.74, 6) is -0.213. The molecule has 0 saturated carbocycles. The summed E-state index contributed by atoms with van der Waals surface area (Å²) in [6, 6.07) is 45.1. The number of fused-ring (bicyclic) bond motifs is 3. The molecule has 1 aromatic heterocycles. The lowest BCUT2D eigenvalue weighted by Gasteiger charge is -2.37. The van der Waals surface area contributed by atoms with E-state index in [0.717, 1.165) is 39.1 Å². The Bertz CT molecular complexity index is 1770. The molecule has 4 nitrogen and oxygen atoms in total. The fourth-order valence-electron chi connectivity index (χ4n) is 6.11. The average molecular weight is 539 g/mol. The molecule has 0 radical (unpaired) electrons. The Morgan fingerprint density at radius 3 is 1.65 bits per heavy atom. The highest BCUT2D eigenvalue weighted by molar-refractivity contribution is 8.15. The molecule has 2 N–H and O–H groups in total. The molecule has 1 atom stereocenters. The fourth-order valence-corrected chi connectivity index (χ4v) is 6.97. The van der Waals surface area contributed by atoms with E-state index in [0.29, 0.717) is 6.42 Å². The molecule has 6 aromatic rings. The van der Waals surface area contributed by atoms with Crippen LogP contribution in [0.1, 0.15) is 27.8 Å². The second-order valence-corrected chi connectivity index (χ2v) is 11.4. The maximum atomic E-state index is 12.2. The van der Waals surface area contributed by atoms with Crippen molar-refractivity contribution in [2.75, 3.05) is 0 Å². The Labute approximate surface area is 236 Å². The van der Waals surface area contributed by atoms with Crippen LogP contribution < -0.4 is 5.32 Å². The van der Waals surface area contributed by atoms with Crippen molar-refractivity contribution in [2.45, 2.75) is 17.1 Å². The van der Waals surface area contributed by atoms with Crippen molar-refractivity contribution in [1.82, 2.24) is 10.3 Å². The second-order valence-electron chi connectivity index (χ2n) is 10.2. The number of thioether (sulfide) groups is 1. The number of aromatic nitrogens is 1. The lowest BCUT2D eigenvalue weighted by Crippen LogP contribution is -2.30. The Morgan fingerprint density at radius 2 is 1.12 bits per heavy atom. The average Bonchev–Trinajstić information content (AvgIpc) is 3.52. The molecule has 1 aliphatic heterocycles. The fraction of sp³-hybridized carbons (Fsp3) is 0.0857. The third kappa shape index (κ3) is 4.02. The van der Waals surface area contributed by atoms with E-state index < -0.39 is 10.7 Å². The Morgan fingerprint density at radius 1 is 0.600 bits per heavy atom. The highest BCUT2D eigenvalue weighted by atomic mass is 32.2. The summed E-state index contributed by atoms with van der Waals surface area (Å²) in [4.78, 5) is 27.5. The minimum Gasteiger partial charge on any atom is -0.355 e. The molecule has 1 fully saturated rings. The molecule has 5 aromatic carbocycles. The van der Waals surface area contributed by atoms with Crippen LogP contribution in [0.2, 0.25) is 0 Å². The number of carbonyl (C=O) groups is 2. The molecule has 5 heteroatoms. The molecule has 1 aliphatic rings. The quantitative estimate of drug-likeness (QED) is 0.215. The predicted octanol–water partition coefficient (Wildman–Crippen LogP) is 7.60. The molecule has 40 heavy (non-hydrogen) atoms. The maximum absolute atomic E-state index is 12.2. The van der Waals surface area contributed by atoms with E-state index in [4.69, 9.17) is 0 Å². The van der Waals surface area contributed by atoms with Gasteiger partial charge in [-0.2, -0.15) is 0 Å². The van der Waals surface area contributed by atoms with Gasteiger partial charge in [-0.3, -0.25) is 14.9 Å². The van der Waals surface area contributed by atoms with Crippen LogP contribution >= 0.6 is 11.8 Å². The highest BCUT2D eigenvalue weighted by Crippen LogP contribution is 2.46. The number of amides is 2. The Balaban J connectivity index is 1.46. The van der Waals surface area contributed by atoms with Crippen molar-refractivity contribution in [3.63, 3.8) is 0 Å². The molecular weight excluding hydrogens is 512 g/mol. The van der Waals surface area contributed by atoms with Crippen LogP contribution in [0.5, 0.6) is 0 Å². The first-order valence-corrected chi connectivity index (χ1v) is 14.2. The zero-order valence-electron chi connectivity index (χ0n) is 21.6. The minimum atomic E-state index is -0.530. The predicted molar refractivity (Wildman–Crippen MR) is 163 cm³/mol. The van der Waals surface area contributed by atoms with Gasteiger partial charge in [-0.25, -0.2) is 0 Å². The van der Waals surface area contributed by atoms with Crippen LogP contribution in [0.4, 0.5) is 4.79 Å². The summed E-state index contributed by atoms with van der Waals surface area (Å²) in [6.45, 7) is 0. The molecule has 7 rings (SSSR count). The van der Waals surface area contributed by atoms with Crippen LogP contribution in [-0.2, 0) is 16.6 Å². The van der Waals surface area contributed by atoms with Gasteiger partial charge >= 0.3 is 0 Å². The van der Waals surface area contributed by atoms with Crippen LogP contribution in [0.15, 0.2) is 127 Å². The lowest BCUT2D eigenvalue weighted by atomic mass is 9.65. The monoisotopic (exact) mass is 538 g/mol. The van der Waals surface area contributed by atoms with Crippen molar-refractivity contribution in [1.29, 1.82) is 0 Å². The molecular formula is C35H26N2O2S. The van der Waals surface area contributed by atoms with Gasteiger partial charge in [0, 0.05) is 21.8 Å². The third-order valence-electron chi connectivity index (χ3n) is 7.90. The van der Waals surface area contributed by atoms with Crippen molar-refractivity contribution < 1.29 is 9.59 Å². The SMILES string of the molecule is O=C1NC(=O)C(Cc2ccc3[nH]c4ccc(C(c5ccccc5)(c5ccccc5)c5ccccc5)cc4c3c2)S1. The number of hydrogen-bond donors (Lipinski definition) is 2. The van der Waals surface area contributed by atoms with Gasteiger partial charge in [-0.05, 0) is 58.5 Å². The van der Waals surface area contributed by atoms with Gasteiger partial charge in [-0.15, -0.1) is 0 Å². The molecule has 0 aliphatic carbocycles. The maximum Gasteiger partial charge on any atom is 0.286 e. The number of carbonyl (C=O) groups excluding carboxylic acids is 2. The lowest BCUT2D eigenvalue weighted by molar-refractivity contribution is -0.118. The van der Waals surface area contributed by atoms with Crippen LogP contribution in [-0.4, -0.2) is 21.4 Å². The number of benzene rings is 5. The van der Waals surface area contributed by atoms with Gasteiger partial charge in [0.05, 0.1) is 10.7 Å². The number of aromatic amines is 1. The molecule has 194 valence electrons. The normalized spacial score (nSPS) is 15.6. The molecule has 0 bridgehead atoms. The van der Waals surface area contributed by atoms with Gasteiger partial charge in [-0.1, -0.05) is 115 Å². The highest BCUT2D eigenvalue weighted by Gasteiger charge is 2.38. The van der Waals surface area contributed by atoms with Gasteiger partial charge in [0.25, 0.3) is 5.24 Å². The van der Waals surface area contributed by atoms with Gasteiger partial charge < -0.3 is 4.98 Å². The van der Waals surface area contributed by atoms with E-state index in [9.17, 15) is 9.59 Å². The third-order valence-corrected chi connectivity index (χ3v) is 8.89. The van der Waals surface area contributed by atoms with E-state index in [2.05, 4.69) is 132 Å². The number of hydrogen-bond acceptors (Lipinski definition) is 3. The van der Waals surface area contributed by atoms with Crippen molar-refractivity contribution in [3.8, 4) is 0 Å². The number of rotatable bonds is 6. The topological polar surface area (TPSA) is 62.0 Å². The van der Waals surface area contributed by atoms with Gasteiger partial charge in [0.15, 0.2) is 0 Å². The summed E-state index contributed by atoms with van der Waals surface area (Å²) in [5.41, 5.74) is 7.36. The van der Waals surface area contributed by atoms with Crippen molar-refractivity contribution in [3.05, 3.63) is 155 Å². The van der Waals surface area contributed by atoms with E-state index in [1.165, 1.54) is 22.3 Å². The summed E-state index contributed by atoms with van der Waals surface area (Å²) in [7, 11) is 0. The minimum absolute atomic E-state index is 0.213. The molecule has 1 saturated heterocycles. The zero-order valence-corrected chi connectivity index (χ0v) is 22.5. The van der Waals surface area contributed by atoms with E-state index in [-0.39, 0.29) is 11.1 Å². The number of imide groups is 1. The number of nitrogens with one attached hydrogen (secondary N) is 2. The molecule has 0 spiro atoms. The first kappa shape index (κ1) is 24.4. The van der Waals surface area contributed by atoms with E-state index in [1.807, 2.05) is 6.07 Å². The van der Waals surface area contributed by atoms with Crippen LogP contribution in [0.25, 0.3) is 21.8 Å². The standard InChI is InChI=1S/C35H26N2O2S/c38-33-32(40-34(39)37-33)21-23-16-18-30-28(20-23)29-22-27(17-19-31(29)36-30)35(24-10-4-1-5-11-24,25-12-6-2-7-13-25)26-14-8-3-9-15-26/h1-20,22,32,36H,21H2,(H,37,38,39). The van der Waals surface area contributed by atoms with Crippen LogP contribution in [0, 0.1) is 0 Å². The van der Waals surface area contributed by atoms with Crippen LogP contribution in [0.3, 0.4) is 0 Å². The zero-order chi connectivity index (χ0) is 27.1. The molecule has 1 unspecified atom stereocenters. The van der Waals surface area contributed by atoms with E-state index in [1.54, 1.807) is 0 Å². The summed E-state index contributed by atoms with van der Waals surface area (Å²) >= 11 is 1.07. The Kier molecular flexibility index (Phi) is 6.02. The van der Waals surface area contributed by atoms with Crippen molar-refractivity contribution >= 4 is 44.7 Å². The summed E-state index contributed by atoms with van der Waals surface area (Å²) < 4.78 is 0. The molecule has 2 heterocycles. The summed E-state index contributed by atoms with van der Waals surface area (Å²) in [6.07, 6.45) is 0.506. The van der Waals surface area contributed by atoms with Gasteiger partial charge in [0.2, 0.25) is 5.91 Å². The van der Waals surface area contributed by atoms with Crippen molar-refractivity contribution in [2.24, 2.45) is 0 Å².